The number of benzene rings is 2. The largest absolute Gasteiger partial charge is 0.492 e. The van der Waals surface area contributed by atoms with Crippen LogP contribution in [0.5, 0.6) is 5.75 Å². The van der Waals surface area contributed by atoms with Crippen LogP contribution in [-0.2, 0) is 13.0 Å². The molecule has 0 heterocycles. The van der Waals surface area contributed by atoms with Gasteiger partial charge in [0.05, 0.1) is 12.3 Å². The Kier molecular flexibility index (Phi) is 6.28. The third-order valence-electron chi connectivity index (χ3n) is 3.67. The Morgan fingerprint density at radius 1 is 1.05 bits per heavy atom. The van der Waals surface area contributed by atoms with E-state index in [9.17, 15) is 0 Å². The molecule has 3 heteroatoms. The normalized spacial score (nSPS) is 10.9. The molecule has 22 heavy (non-hydrogen) atoms. The highest BCUT2D eigenvalue weighted by Crippen LogP contribution is 2.23. The molecule has 0 spiro atoms. The fraction of sp³-hybridized carbons (Fsp3) is 0.368. The van der Waals surface area contributed by atoms with Gasteiger partial charge in [-0.05, 0) is 56.6 Å². The second-order valence-electron chi connectivity index (χ2n) is 5.63. The van der Waals surface area contributed by atoms with E-state index in [1.54, 1.807) is 0 Å². The van der Waals surface area contributed by atoms with E-state index in [1.807, 2.05) is 19.1 Å². The van der Waals surface area contributed by atoms with Crippen molar-refractivity contribution in [2.75, 3.05) is 25.9 Å². The standard InChI is InChI=1S/C19H26N2O/c1-3-22-19-12-11-16(14-18(19)20)10-7-13-21(2)15-17-8-5-4-6-9-17/h4-6,8-9,11-12,14H,3,7,10,13,15,20H2,1-2H3. The monoisotopic (exact) mass is 298 g/mol. The summed E-state index contributed by atoms with van der Waals surface area (Å²) in [5.41, 5.74) is 9.37. The van der Waals surface area contributed by atoms with E-state index < -0.39 is 0 Å². The SMILES string of the molecule is CCOc1ccc(CCCN(C)Cc2ccccc2)cc1N. The first-order valence-corrected chi connectivity index (χ1v) is 7.92. The van der Waals surface area contributed by atoms with Gasteiger partial charge in [-0.2, -0.15) is 0 Å². The van der Waals surface area contributed by atoms with Gasteiger partial charge in [0, 0.05) is 6.54 Å². The fourth-order valence-corrected chi connectivity index (χ4v) is 2.57. The number of aryl methyl sites for hydroxylation is 1. The van der Waals surface area contributed by atoms with Gasteiger partial charge in [0.1, 0.15) is 5.75 Å². The molecule has 2 N–H and O–H groups in total. The Balaban J connectivity index is 1.77. The molecule has 118 valence electrons. The van der Waals surface area contributed by atoms with Crippen molar-refractivity contribution in [3.05, 3.63) is 59.7 Å². The van der Waals surface area contributed by atoms with Crippen LogP contribution in [0.1, 0.15) is 24.5 Å². The number of hydrogen-bond donors (Lipinski definition) is 1. The average molecular weight is 298 g/mol. The maximum absolute atomic E-state index is 6.01. The lowest BCUT2D eigenvalue weighted by atomic mass is 10.1. The highest BCUT2D eigenvalue weighted by Gasteiger charge is 2.03. The summed E-state index contributed by atoms with van der Waals surface area (Å²) >= 11 is 0. The van der Waals surface area contributed by atoms with Crippen LogP contribution in [0.2, 0.25) is 0 Å². The molecule has 0 atom stereocenters. The van der Waals surface area contributed by atoms with Crippen molar-refractivity contribution in [2.45, 2.75) is 26.3 Å². The van der Waals surface area contributed by atoms with Crippen LogP contribution in [0, 0.1) is 0 Å². The maximum Gasteiger partial charge on any atom is 0.142 e. The molecule has 2 aromatic rings. The lowest BCUT2D eigenvalue weighted by molar-refractivity contribution is 0.322. The zero-order valence-corrected chi connectivity index (χ0v) is 13.6. The summed E-state index contributed by atoms with van der Waals surface area (Å²) < 4.78 is 5.47. The van der Waals surface area contributed by atoms with E-state index in [1.165, 1.54) is 11.1 Å². The van der Waals surface area contributed by atoms with Gasteiger partial charge >= 0.3 is 0 Å². The summed E-state index contributed by atoms with van der Waals surface area (Å²) in [6, 6.07) is 16.7. The number of ether oxygens (including phenoxy) is 1. The van der Waals surface area contributed by atoms with Crippen LogP contribution in [0.25, 0.3) is 0 Å². The molecule has 0 aliphatic rings. The topological polar surface area (TPSA) is 38.5 Å². The minimum absolute atomic E-state index is 0.647. The van der Waals surface area contributed by atoms with Gasteiger partial charge in [0.15, 0.2) is 0 Å². The Morgan fingerprint density at radius 2 is 1.82 bits per heavy atom. The molecule has 0 aliphatic heterocycles. The highest BCUT2D eigenvalue weighted by atomic mass is 16.5. The molecule has 0 radical (unpaired) electrons. The maximum atomic E-state index is 6.01. The molecule has 0 saturated carbocycles. The summed E-state index contributed by atoms with van der Waals surface area (Å²) in [5.74, 6) is 0.785. The minimum atomic E-state index is 0.647. The number of nitrogens with zero attached hydrogens (tertiary/aromatic N) is 1. The minimum Gasteiger partial charge on any atom is -0.492 e. The molecule has 2 rings (SSSR count). The third kappa shape index (κ3) is 5.08. The molecule has 0 fully saturated rings. The lowest BCUT2D eigenvalue weighted by Gasteiger charge is -2.16. The summed E-state index contributed by atoms with van der Waals surface area (Å²) in [6.45, 7) is 4.68. The summed E-state index contributed by atoms with van der Waals surface area (Å²) in [4.78, 5) is 2.35. The number of anilines is 1. The van der Waals surface area contributed by atoms with E-state index in [2.05, 4.69) is 48.3 Å². The van der Waals surface area contributed by atoms with Crippen LogP contribution in [0.4, 0.5) is 5.69 Å². The van der Waals surface area contributed by atoms with E-state index in [-0.39, 0.29) is 0 Å². The number of nitrogen functional groups attached to an aromatic ring is 1. The second kappa shape index (κ2) is 8.44. The Hall–Kier alpha value is -2.00. The van der Waals surface area contributed by atoms with Crippen LogP contribution in [0.3, 0.4) is 0 Å². The van der Waals surface area contributed by atoms with Gasteiger partial charge < -0.3 is 15.4 Å². The smallest absolute Gasteiger partial charge is 0.142 e. The van der Waals surface area contributed by atoms with Gasteiger partial charge in [-0.1, -0.05) is 36.4 Å². The van der Waals surface area contributed by atoms with Crippen molar-refractivity contribution in [1.82, 2.24) is 4.90 Å². The zero-order chi connectivity index (χ0) is 15.8. The van der Waals surface area contributed by atoms with Gasteiger partial charge in [-0.25, -0.2) is 0 Å². The predicted molar refractivity (Wildman–Crippen MR) is 93.1 cm³/mol. The van der Waals surface area contributed by atoms with Gasteiger partial charge in [-0.15, -0.1) is 0 Å². The Labute approximate surface area is 133 Å². The molecule has 3 nitrogen and oxygen atoms in total. The molecular weight excluding hydrogens is 272 g/mol. The van der Waals surface area contributed by atoms with Crippen LogP contribution in [0.15, 0.2) is 48.5 Å². The molecule has 0 aliphatic carbocycles. The molecule has 0 bridgehead atoms. The average Bonchev–Trinajstić information content (AvgIpc) is 2.51. The second-order valence-corrected chi connectivity index (χ2v) is 5.63. The van der Waals surface area contributed by atoms with Crippen molar-refractivity contribution in [1.29, 1.82) is 0 Å². The van der Waals surface area contributed by atoms with Crippen LogP contribution < -0.4 is 10.5 Å². The molecule has 0 saturated heterocycles. The van der Waals surface area contributed by atoms with E-state index in [0.717, 1.165) is 37.4 Å². The van der Waals surface area contributed by atoms with Gasteiger partial charge in [0.2, 0.25) is 0 Å². The Bertz CT molecular complexity index is 569. The highest BCUT2D eigenvalue weighted by molar-refractivity contribution is 5.54. The van der Waals surface area contributed by atoms with Crippen LogP contribution >= 0.6 is 0 Å². The summed E-state index contributed by atoms with van der Waals surface area (Å²) in [7, 11) is 2.17. The van der Waals surface area contributed by atoms with Gasteiger partial charge in [-0.3, -0.25) is 0 Å². The van der Waals surface area contributed by atoms with E-state index in [4.69, 9.17) is 10.5 Å². The van der Waals surface area contributed by atoms with E-state index >= 15 is 0 Å². The zero-order valence-electron chi connectivity index (χ0n) is 13.6. The summed E-state index contributed by atoms with van der Waals surface area (Å²) in [6.07, 6.45) is 2.16. The van der Waals surface area contributed by atoms with Crippen molar-refractivity contribution < 1.29 is 4.74 Å². The first kappa shape index (κ1) is 16.4. The first-order valence-electron chi connectivity index (χ1n) is 7.92. The quantitative estimate of drug-likeness (QED) is 0.755. The first-order chi connectivity index (χ1) is 10.7. The Morgan fingerprint density at radius 3 is 2.50 bits per heavy atom. The predicted octanol–water partition coefficient (Wildman–Crippen LogP) is 3.73. The molecule has 2 aromatic carbocycles. The van der Waals surface area contributed by atoms with Crippen molar-refractivity contribution >= 4 is 5.69 Å². The number of nitrogens with two attached hydrogens (primary N) is 1. The van der Waals surface area contributed by atoms with Crippen molar-refractivity contribution in [2.24, 2.45) is 0 Å². The van der Waals surface area contributed by atoms with Gasteiger partial charge in [0.25, 0.3) is 0 Å². The molecular formula is C19H26N2O. The molecule has 0 unspecified atom stereocenters. The number of rotatable bonds is 8. The molecule has 0 aromatic heterocycles. The third-order valence-corrected chi connectivity index (χ3v) is 3.67. The fourth-order valence-electron chi connectivity index (χ4n) is 2.57. The van der Waals surface area contributed by atoms with Crippen molar-refractivity contribution in [3.63, 3.8) is 0 Å². The lowest BCUT2D eigenvalue weighted by Crippen LogP contribution is -2.19. The van der Waals surface area contributed by atoms with E-state index in [0.29, 0.717) is 6.61 Å². The number of hydrogen-bond acceptors (Lipinski definition) is 3. The van der Waals surface area contributed by atoms with Crippen molar-refractivity contribution in [3.8, 4) is 5.75 Å². The van der Waals surface area contributed by atoms with Crippen LogP contribution in [-0.4, -0.2) is 25.1 Å². The molecule has 0 amide bonds. The summed E-state index contributed by atoms with van der Waals surface area (Å²) in [5, 5.41) is 0.